The van der Waals surface area contributed by atoms with Crippen LogP contribution in [0.2, 0.25) is 0 Å². The molecular weight excluding hydrogens is 226 g/mol. The number of nitrogens with two attached hydrogens (primary N) is 1. The van der Waals surface area contributed by atoms with E-state index in [1.807, 2.05) is 54.6 Å². The molecule has 2 aromatic carbocycles. The third-order valence-electron chi connectivity index (χ3n) is 3.03. The van der Waals surface area contributed by atoms with Crippen molar-refractivity contribution in [2.75, 3.05) is 0 Å². The van der Waals surface area contributed by atoms with Gasteiger partial charge in [-0.25, -0.2) is 0 Å². The summed E-state index contributed by atoms with van der Waals surface area (Å²) in [6, 6.07) is 17.1. The first-order valence-electron chi connectivity index (χ1n) is 5.92. The second-order valence-electron chi connectivity index (χ2n) is 4.25. The maximum absolute atomic E-state index is 9.58. The molecule has 0 aliphatic heterocycles. The van der Waals surface area contributed by atoms with E-state index < -0.39 is 12.2 Å². The Morgan fingerprint density at radius 2 is 1.39 bits per heavy atom. The van der Waals surface area contributed by atoms with E-state index in [0.29, 0.717) is 6.54 Å². The molecule has 0 amide bonds. The Labute approximate surface area is 107 Å². The van der Waals surface area contributed by atoms with Crippen molar-refractivity contribution in [3.05, 3.63) is 71.3 Å². The van der Waals surface area contributed by atoms with Crippen molar-refractivity contribution in [2.45, 2.75) is 18.8 Å². The van der Waals surface area contributed by atoms with Crippen molar-refractivity contribution in [1.29, 1.82) is 0 Å². The van der Waals surface area contributed by atoms with Gasteiger partial charge in [0.25, 0.3) is 0 Å². The lowest BCUT2D eigenvalue weighted by atomic mass is 9.90. The van der Waals surface area contributed by atoms with Crippen LogP contribution in [0.15, 0.2) is 54.6 Å². The molecule has 0 heterocycles. The lowest BCUT2D eigenvalue weighted by molar-refractivity contribution is -0.0512. The fraction of sp³-hybridized carbons (Fsp3) is 0.200. The second-order valence-corrected chi connectivity index (χ2v) is 4.25. The van der Waals surface area contributed by atoms with Gasteiger partial charge in [-0.3, -0.25) is 0 Å². The third kappa shape index (κ3) is 2.76. The highest BCUT2D eigenvalue weighted by atomic mass is 16.5. The van der Waals surface area contributed by atoms with Crippen LogP contribution in [0.1, 0.15) is 22.6 Å². The van der Waals surface area contributed by atoms with Crippen molar-refractivity contribution in [3.63, 3.8) is 0 Å². The first-order chi connectivity index (χ1) is 8.72. The molecule has 0 saturated carbocycles. The summed E-state index contributed by atoms with van der Waals surface area (Å²) < 4.78 is 0. The summed E-state index contributed by atoms with van der Waals surface area (Å²) in [5.74, 6) is -0.432. The van der Waals surface area contributed by atoms with E-state index in [0.717, 1.165) is 16.7 Å². The second kappa shape index (κ2) is 5.78. The molecule has 2 aromatic rings. The molecule has 18 heavy (non-hydrogen) atoms. The molecule has 1 atom stereocenters. The highest BCUT2D eigenvalue weighted by molar-refractivity contribution is 5.34. The molecule has 0 aliphatic carbocycles. The SMILES string of the molecule is NCc1ccc(C(c2ccccc2)C(O)O)cc1. The summed E-state index contributed by atoms with van der Waals surface area (Å²) in [5.41, 5.74) is 8.33. The van der Waals surface area contributed by atoms with E-state index in [4.69, 9.17) is 5.73 Å². The van der Waals surface area contributed by atoms with Crippen molar-refractivity contribution < 1.29 is 10.2 Å². The predicted molar refractivity (Wildman–Crippen MR) is 70.8 cm³/mol. The van der Waals surface area contributed by atoms with Crippen LogP contribution >= 0.6 is 0 Å². The van der Waals surface area contributed by atoms with E-state index in [1.165, 1.54) is 0 Å². The molecule has 3 nitrogen and oxygen atoms in total. The average Bonchev–Trinajstić information content (AvgIpc) is 2.40. The summed E-state index contributed by atoms with van der Waals surface area (Å²) in [6.07, 6.45) is -1.42. The van der Waals surface area contributed by atoms with Crippen LogP contribution in [0, 0.1) is 0 Å². The summed E-state index contributed by atoms with van der Waals surface area (Å²) in [4.78, 5) is 0. The van der Waals surface area contributed by atoms with Gasteiger partial charge in [0.2, 0.25) is 0 Å². The Morgan fingerprint density at radius 3 is 1.89 bits per heavy atom. The van der Waals surface area contributed by atoms with Gasteiger partial charge in [0.1, 0.15) is 0 Å². The zero-order valence-electron chi connectivity index (χ0n) is 10.0. The van der Waals surface area contributed by atoms with Crippen LogP contribution in [-0.4, -0.2) is 16.5 Å². The number of rotatable bonds is 4. The Balaban J connectivity index is 2.36. The summed E-state index contributed by atoms with van der Waals surface area (Å²) in [6.45, 7) is 0.484. The van der Waals surface area contributed by atoms with Crippen molar-refractivity contribution in [1.82, 2.24) is 0 Å². The van der Waals surface area contributed by atoms with Crippen LogP contribution in [0.25, 0.3) is 0 Å². The molecule has 3 heteroatoms. The monoisotopic (exact) mass is 243 g/mol. The van der Waals surface area contributed by atoms with Gasteiger partial charge in [-0.15, -0.1) is 0 Å². The molecule has 0 saturated heterocycles. The number of aliphatic hydroxyl groups is 2. The van der Waals surface area contributed by atoms with Crippen LogP contribution in [0.5, 0.6) is 0 Å². The molecule has 2 rings (SSSR count). The molecule has 4 N–H and O–H groups in total. The Bertz CT molecular complexity index is 480. The van der Waals surface area contributed by atoms with Gasteiger partial charge >= 0.3 is 0 Å². The lowest BCUT2D eigenvalue weighted by Crippen LogP contribution is -2.18. The molecule has 0 spiro atoms. The van der Waals surface area contributed by atoms with Gasteiger partial charge in [-0.05, 0) is 16.7 Å². The standard InChI is InChI=1S/C15H17NO2/c16-10-11-6-8-13(9-7-11)14(15(17)18)12-4-2-1-3-5-12/h1-9,14-15,17-18H,10,16H2. The minimum Gasteiger partial charge on any atom is -0.367 e. The molecule has 1 unspecified atom stereocenters. The minimum absolute atomic E-state index is 0.432. The van der Waals surface area contributed by atoms with Gasteiger partial charge in [-0.1, -0.05) is 54.6 Å². The van der Waals surface area contributed by atoms with E-state index in [1.54, 1.807) is 0 Å². The van der Waals surface area contributed by atoms with E-state index in [2.05, 4.69) is 0 Å². The normalized spacial score (nSPS) is 12.7. The number of aliphatic hydroxyl groups excluding tert-OH is 1. The Hall–Kier alpha value is -1.68. The number of hydrogen-bond donors (Lipinski definition) is 3. The quantitative estimate of drug-likeness (QED) is 0.714. The zero-order valence-corrected chi connectivity index (χ0v) is 10.0. The Morgan fingerprint density at radius 1 is 0.833 bits per heavy atom. The maximum Gasteiger partial charge on any atom is 0.162 e. The topological polar surface area (TPSA) is 66.5 Å². The predicted octanol–water partition coefficient (Wildman–Crippen LogP) is 1.59. The molecule has 0 fully saturated rings. The Kier molecular flexibility index (Phi) is 4.10. The van der Waals surface area contributed by atoms with Crippen LogP contribution in [0.4, 0.5) is 0 Å². The lowest BCUT2D eigenvalue weighted by Gasteiger charge is -2.20. The van der Waals surface area contributed by atoms with Crippen molar-refractivity contribution >= 4 is 0 Å². The average molecular weight is 243 g/mol. The van der Waals surface area contributed by atoms with Crippen LogP contribution in [0.3, 0.4) is 0 Å². The van der Waals surface area contributed by atoms with Gasteiger partial charge in [0, 0.05) is 6.54 Å². The summed E-state index contributed by atoms with van der Waals surface area (Å²) in [5, 5.41) is 19.2. The van der Waals surface area contributed by atoms with E-state index in [-0.39, 0.29) is 0 Å². The molecule has 0 aliphatic rings. The molecule has 0 aromatic heterocycles. The zero-order chi connectivity index (χ0) is 13.0. The van der Waals surface area contributed by atoms with Crippen LogP contribution < -0.4 is 5.73 Å². The number of hydrogen-bond acceptors (Lipinski definition) is 3. The number of benzene rings is 2. The van der Waals surface area contributed by atoms with Crippen LogP contribution in [-0.2, 0) is 6.54 Å². The van der Waals surface area contributed by atoms with Gasteiger partial charge in [0.05, 0.1) is 5.92 Å². The van der Waals surface area contributed by atoms with Gasteiger partial charge in [0.15, 0.2) is 6.29 Å². The van der Waals surface area contributed by atoms with Gasteiger partial charge in [-0.2, -0.15) is 0 Å². The maximum atomic E-state index is 9.58. The molecule has 0 radical (unpaired) electrons. The van der Waals surface area contributed by atoms with E-state index >= 15 is 0 Å². The van der Waals surface area contributed by atoms with E-state index in [9.17, 15) is 10.2 Å². The smallest absolute Gasteiger partial charge is 0.162 e. The third-order valence-corrected chi connectivity index (χ3v) is 3.03. The highest BCUT2D eigenvalue weighted by Gasteiger charge is 2.20. The highest BCUT2D eigenvalue weighted by Crippen LogP contribution is 2.27. The first kappa shape index (κ1) is 12.8. The summed E-state index contributed by atoms with van der Waals surface area (Å²) >= 11 is 0. The minimum atomic E-state index is -1.42. The molecular formula is C15H17NO2. The largest absolute Gasteiger partial charge is 0.367 e. The molecule has 94 valence electrons. The summed E-state index contributed by atoms with van der Waals surface area (Å²) in [7, 11) is 0. The molecule has 0 bridgehead atoms. The first-order valence-corrected chi connectivity index (χ1v) is 5.92. The van der Waals surface area contributed by atoms with Crippen molar-refractivity contribution in [2.24, 2.45) is 5.73 Å². The van der Waals surface area contributed by atoms with Gasteiger partial charge < -0.3 is 15.9 Å². The fourth-order valence-electron chi connectivity index (χ4n) is 2.06. The van der Waals surface area contributed by atoms with Crippen molar-refractivity contribution in [3.8, 4) is 0 Å². The fourth-order valence-corrected chi connectivity index (χ4v) is 2.06.